The van der Waals surface area contributed by atoms with Gasteiger partial charge in [0.2, 0.25) is 0 Å². The lowest BCUT2D eigenvalue weighted by atomic mass is 9.90. The molecular weight excluding hydrogens is 523 g/mol. The number of hydrogen-bond acceptors (Lipinski definition) is 5. The zero-order chi connectivity index (χ0) is 28.0. The van der Waals surface area contributed by atoms with Crippen LogP contribution in [0.4, 0.5) is 30.2 Å². The molecule has 10 heteroatoms. The normalized spacial score (nSPS) is 15.5. The van der Waals surface area contributed by atoms with E-state index in [0.29, 0.717) is 24.3 Å². The number of carbonyl (C=O) groups is 3. The molecule has 0 bridgehead atoms. The van der Waals surface area contributed by atoms with E-state index in [1.165, 1.54) is 24.3 Å². The largest absolute Gasteiger partial charge is 0.416 e. The minimum Gasteiger partial charge on any atom is -0.378 e. The van der Waals surface area contributed by atoms with Gasteiger partial charge in [0.15, 0.2) is 0 Å². The number of rotatable bonds is 4. The molecule has 2 aliphatic rings. The predicted molar refractivity (Wildman–Crippen MR) is 144 cm³/mol. The SMILES string of the molecule is O=C(Nc1ccc(N2CCOCC2)cc1)c1ccc2c3c(cccc13)C(=O)N(c1cccc(C(F)(F)F)c1)C2=O. The summed E-state index contributed by atoms with van der Waals surface area (Å²) < 4.78 is 45.3. The summed E-state index contributed by atoms with van der Waals surface area (Å²) in [5, 5.41) is 3.54. The Morgan fingerprint density at radius 3 is 2.17 bits per heavy atom. The Morgan fingerprint density at radius 2 is 1.48 bits per heavy atom. The van der Waals surface area contributed by atoms with Gasteiger partial charge in [-0.15, -0.1) is 0 Å². The van der Waals surface area contributed by atoms with E-state index >= 15 is 0 Å². The monoisotopic (exact) mass is 545 g/mol. The minimum atomic E-state index is -4.64. The Hall–Kier alpha value is -4.70. The van der Waals surface area contributed by atoms with E-state index in [1.54, 1.807) is 24.3 Å². The zero-order valence-electron chi connectivity index (χ0n) is 21.0. The summed E-state index contributed by atoms with van der Waals surface area (Å²) in [7, 11) is 0. The number of nitrogens with zero attached hydrogens (tertiary/aromatic N) is 2. The highest BCUT2D eigenvalue weighted by atomic mass is 19.4. The molecule has 0 saturated carbocycles. The quantitative estimate of drug-likeness (QED) is 0.331. The van der Waals surface area contributed by atoms with Crippen molar-refractivity contribution in [3.63, 3.8) is 0 Å². The fourth-order valence-corrected chi connectivity index (χ4v) is 5.13. The lowest BCUT2D eigenvalue weighted by Gasteiger charge is -2.29. The molecule has 0 aromatic heterocycles. The van der Waals surface area contributed by atoms with E-state index in [-0.39, 0.29) is 27.8 Å². The van der Waals surface area contributed by atoms with Crippen molar-refractivity contribution in [2.75, 3.05) is 41.4 Å². The third kappa shape index (κ3) is 4.46. The number of halogens is 3. The first-order chi connectivity index (χ1) is 19.2. The second kappa shape index (κ2) is 9.80. The van der Waals surface area contributed by atoms with Crippen molar-refractivity contribution in [1.82, 2.24) is 0 Å². The van der Waals surface area contributed by atoms with Crippen LogP contribution >= 0.6 is 0 Å². The first-order valence-electron chi connectivity index (χ1n) is 12.6. The highest BCUT2D eigenvalue weighted by molar-refractivity contribution is 6.36. The molecule has 0 unspecified atom stereocenters. The van der Waals surface area contributed by atoms with Crippen molar-refractivity contribution in [2.45, 2.75) is 6.18 Å². The molecule has 40 heavy (non-hydrogen) atoms. The Kier molecular flexibility index (Phi) is 6.26. The first-order valence-corrected chi connectivity index (χ1v) is 12.6. The standard InChI is InChI=1S/C30H22F3N3O4/c31-30(32,33)18-3-1-4-21(17-18)36-28(38)24-6-2-5-22-23(11-12-25(26(22)24)29(36)39)27(37)34-19-7-9-20(10-8-19)35-13-15-40-16-14-35/h1-12,17H,13-16H2,(H,34,37). The van der Waals surface area contributed by atoms with Crippen LogP contribution < -0.4 is 15.1 Å². The van der Waals surface area contributed by atoms with Gasteiger partial charge >= 0.3 is 6.18 Å². The molecule has 0 aliphatic carbocycles. The van der Waals surface area contributed by atoms with Crippen molar-refractivity contribution in [2.24, 2.45) is 0 Å². The Labute approximate surface area is 226 Å². The maximum absolute atomic E-state index is 13.4. The third-order valence-corrected chi connectivity index (χ3v) is 7.09. The van der Waals surface area contributed by atoms with Gasteiger partial charge in [0.05, 0.1) is 24.5 Å². The maximum atomic E-state index is 13.4. The molecular formula is C30H22F3N3O4. The van der Waals surface area contributed by atoms with Gasteiger partial charge < -0.3 is 15.0 Å². The molecule has 0 radical (unpaired) electrons. The van der Waals surface area contributed by atoms with Crippen LogP contribution in [0.5, 0.6) is 0 Å². The molecule has 0 atom stereocenters. The summed E-state index contributed by atoms with van der Waals surface area (Å²) in [4.78, 5) is 43.1. The molecule has 4 aromatic carbocycles. The van der Waals surface area contributed by atoms with Gasteiger partial charge in [-0.2, -0.15) is 13.2 Å². The number of hydrogen-bond donors (Lipinski definition) is 1. The van der Waals surface area contributed by atoms with Crippen LogP contribution in [0.25, 0.3) is 10.8 Å². The molecule has 0 spiro atoms. The van der Waals surface area contributed by atoms with Crippen LogP contribution in [0.15, 0.2) is 78.9 Å². The number of anilines is 3. The summed E-state index contributed by atoms with van der Waals surface area (Å²) in [5.41, 5.74) is 0.930. The molecule has 1 saturated heterocycles. The highest BCUT2D eigenvalue weighted by Crippen LogP contribution is 2.37. The van der Waals surface area contributed by atoms with Gasteiger partial charge in [-0.1, -0.05) is 18.2 Å². The van der Waals surface area contributed by atoms with Crippen LogP contribution in [0.3, 0.4) is 0 Å². The van der Waals surface area contributed by atoms with Crippen LogP contribution in [-0.2, 0) is 10.9 Å². The molecule has 2 heterocycles. The van der Waals surface area contributed by atoms with E-state index in [0.717, 1.165) is 41.9 Å². The van der Waals surface area contributed by atoms with Gasteiger partial charge in [-0.05, 0) is 66.0 Å². The predicted octanol–water partition coefficient (Wildman–Crippen LogP) is 5.75. The van der Waals surface area contributed by atoms with Gasteiger partial charge in [-0.25, -0.2) is 4.90 Å². The number of carbonyl (C=O) groups excluding carboxylic acids is 3. The van der Waals surface area contributed by atoms with Crippen molar-refractivity contribution >= 4 is 45.6 Å². The topological polar surface area (TPSA) is 79.0 Å². The summed E-state index contributed by atoms with van der Waals surface area (Å²) >= 11 is 0. The van der Waals surface area contributed by atoms with Crippen molar-refractivity contribution in [3.8, 4) is 0 Å². The van der Waals surface area contributed by atoms with E-state index in [1.807, 2.05) is 12.1 Å². The Morgan fingerprint density at radius 1 is 0.800 bits per heavy atom. The smallest absolute Gasteiger partial charge is 0.378 e. The van der Waals surface area contributed by atoms with Gasteiger partial charge in [-0.3, -0.25) is 14.4 Å². The van der Waals surface area contributed by atoms with E-state index in [9.17, 15) is 27.6 Å². The van der Waals surface area contributed by atoms with Gasteiger partial charge in [0.1, 0.15) is 0 Å². The van der Waals surface area contributed by atoms with Crippen molar-refractivity contribution in [1.29, 1.82) is 0 Å². The summed E-state index contributed by atoms with van der Waals surface area (Å²) in [6.45, 7) is 2.89. The molecule has 7 nitrogen and oxygen atoms in total. The van der Waals surface area contributed by atoms with Crippen molar-refractivity contribution < 1.29 is 32.3 Å². The van der Waals surface area contributed by atoms with Gasteiger partial charge in [0, 0.05) is 46.5 Å². The zero-order valence-corrected chi connectivity index (χ0v) is 21.0. The van der Waals surface area contributed by atoms with Crippen LogP contribution in [0, 0.1) is 0 Å². The number of nitrogens with one attached hydrogen (secondary N) is 1. The van der Waals surface area contributed by atoms with E-state index in [4.69, 9.17) is 4.74 Å². The van der Waals surface area contributed by atoms with Gasteiger partial charge in [0.25, 0.3) is 17.7 Å². The summed E-state index contributed by atoms with van der Waals surface area (Å²) in [6, 6.07) is 19.1. The Bertz CT molecular complexity index is 1640. The third-order valence-electron chi connectivity index (χ3n) is 7.09. The van der Waals surface area contributed by atoms with E-state index < -0.39 is 29.5 Å². The second-order valence-electron chi connectivity index (χ2n) is 9.48. The fraction of sp³-hybridized carbons (Fsp3) is 0.167. The summed E-state index contributed by atoms with van der Waals surface area (Å²) in [6.07, 6.45) is -4.64. The van der Waals surface area contributed by atoms with Crippen LogP contribution in [0.1, 0.15) is 36.6 Å². The molecule has 4 aromatic rings. The number of amides is 3. The number of morpholine rings is 1. The maximum Gasteiger partial charge on any atom is 0.416 e. The lowest BCUT2D eigenvalue weighted by molar-refractivity contribution is -0.137. The summed E-state index contributed by atoms with van der Waals surface area (Å²) in [5.74, 6) is -1.96. The highest BCUT2D eigenvalue weighted by Gasteiger charge is 2.37. The fourth-order valence-electron chi connectivity index (χ4n) is 5.13. The first kappa shape index (κ1) is 25.6. The second-order valence-corrected chi connectivity index (χ2v) is 9.48. The average molecular weight is 546 g/mol. The van der Waals surface area contributed by atoms with Crippen molar-refractivity contribution in [3.05, 3.63) is 101 Å². The number of benzene rings is 4. The van der Waals surface area contributed by atoms with Crippen LogP contribution in [0.2, 0.25) is 0 Å². The Balaban J connectivity index is 1.31. The number of imide groups is 1. The van der Waals surface area contributed by atoms with Crippen LogP contribution in [-0.4, -0.2) is 44.0 Å². The molecule has 1 N–H and O–H groups in total. The average Bonchev–Trinajstić information content (AvgIpc) is 2.96. The minimum absolute atomic E-state index is 0.119. The molecule has 3 amide bonds. The van der Waals surface area contributed by atoms with E-state index in [2.05, 4.69) is 10.2 Å². The number of alkyl halides is 3. The molecule has 202 valence electrons. The lowest BCUT2D eigenvalue weighted by Crippen LogP contribution is -2.40. The number of ether oxygens (including phenoxy) is 1. The molecule has 2 aliphatic heterocycles. The molecule has 6 rings (SSSR count). The molecule has 1 fully saturated rings.